The van der Waals surface area contributed by atoms with Crippen molar-refractivity contribution in [3.8, 4) is 0 Å². The predicted octanol–water partition coefficient (Wildman–Crippen LogP) is 3.58. The molecule has 0 aromatic rings. The van der Waals surface area contributed by atoms with Crippen molar-refractivity contribution in [2.75, 3.05) is 0 Å². The van der Waals surface area contributed by atoms with Crippen molar-refractivity contribution in [2.45, 2.75) is 46.5 Å². The molecule has 1 rings (SSSR count). The van der Waals surface area contributed by atoms with Gasteiger partial charge in [0.25, 0.3) is 0 Å². The van der Waals surface area contributed by atoms with E-state index in [9.17, 15) is 4.79 Å². The van der Waals surface area contributed by atoms with E-state index in [2.05, 4.69) is 38.2 Å². The summed E-state index contributed by atoms with van der Waals surface area (Å²) in [6.07, 6.45) is 6.59. The second-order valence-corrected chi connectivity index (χ2v) is 5.64. The standard InChI is InChI=1S/C15H22N2O/c1-11(2)13-6-5-12(3)15(4,9-13)8-7-14(18)10-17-16/h5,10,13H,1,6-9H2,2-4H3/t13-,15-/m1/s1. The fraction of sp³-hybridized carbons (Fsp3) is 0.600. The van der Waals surface area contributed by atoms with Gasteiger partial charge in [0, 0.05) is 6.42 Å². The van der Waals surface area contributed by atoms with E-state index >= 15 is 0 Å². The van der Waals surface area contributed by atoms with Gasteiger partial charge >= 0.3 is 6.21 Å². The fourth-order valence-corrected chi connectivity index (χ4v) is 2.56. The molecule has 98 valence electrons. The summed E-state index contributed by atoms with van der Waals surface area (Å²) in [5, 5.41) is 0. The Hall–Kier alpha value is -1.47. The predicted molar refractivity (Wildman–Crippen MR) is 73.3 cm³/mol. The smallest absolute Gasteiger partial charge is 0.323 e. The maximum atomic E-state index is 11.4. The number of carbonyl (C=O) groups excluding carboxylic acids is 1. The van der Waals surface area contributed by atoms with Crippen molar-refractivity contribution in [1.29, 1.82) is 0 Å². The van der Waals surface area contributed by atoms with Crippen LogP contribution in [-0.2, 0) is 4.79 Å². The van der Waals surface area contributed by atoms with E-state index in [1.807, 2.05) is 0 Å². The van der Waals surface area contributed by atoms with Gasteiger partial charge in [-0.1, -0.05) is 30.7 Å². The molecule has 0 bridgehead atoms. The van der Waals surface area contributed by atoms with Crippen LogP contribution < -0.4 is 0 Å². The minimum absolute atomic E-state index is 0.0564. The van der Waals surface area contributed by atoms with Gasteiger partial charge in [0.1, 0.15) is 0 Å². The van der Waals surface area contributed by atoms with Crippen LogP contribution in [0.1, 0.15) is 46.5 Å². The molecule has 3 nitrogen and oxygen atoms in total. The van der Waals surface area contributed by atoms with Crippen molar-refractivity contribution in [3.63, 3.8) is 0 Å². The largest absolute Gasteiger partial charge is 0.361 e. The summed E-state index contributed by atoms with van der Waals surface area (Å²) in [5.74, 6) is 0.393. The van der Waals surface area contributed by atoms with Gasteiger partial charge in [0.15, 0.2) is 0 Å². The van der Waals surface area contributed by atoms with E-state index in [0.717, 1.165) is 25.5 Å². The normalized spacial score (nSPS) is 27.1. The molecule has 0 amide bonds. The van der Waals surface area contributed by atoms with E-state index in [-0.39, 0.29) is 11.2 Å². The first kappa shape index (κ1) is 14.6. The summed E-state index contributed by atoms with van der Waals surface area (Å²) in [6, 6.07) is 0. The Labute approximate surface area is 109 Å². The van der Waals surface area contributed by atoms with Crippen LogP contribution in [0.3, 0.4) is 0 Å². The average Bonchev–Trinajstić information content (AvgIpc) is 2.31. The first-order valence-corrected chi connectivity index (χ1v) is 6.42. The van der Waals surface area contributed by atoms with E-state index in [4.69, 9.17) is 5.53 Å². The number of carbonyl (C=O) groups is 1. The lowest BCUT2D eigenvalue weighted by Gasteiger charge is -2.38. The molecule has 0 N–H and O–H groups in total. The molecule has 0 radical (unpaired) electrons. The highest BCUT2D eigenvalue weighted by Crippen LogP contribution is 2.44. The molecular formula is C15H22N2O. The number of Topliss-reactive ketones (excluding diaryl/α,β-unsaturated/α-hetero) is 1. The fourth-order valence-electron chi connectivity index (χ4n) is 2.56. The minimum atomic E-state index is -0.121. The number of hydrogen-bond acceptors (Lipinski definition) is 1. The molecule has 0 fully saturated rings. The Morgan fingerprint density at radius 2 is 2.39 bits per heavy atom. The highest BCUT2D eigenvalue weighted by molar-refractivity contribution is 6.25. The molecule has 18 heavy (non-hydrogen) atoms. The zero-order valence-corrected chi connectivity index (χ0v) is 11.6. The summed E-state index contributed by atoms with van der Waals surface area (Å²) < 4.78 is 0. The first-order chi connectivity index (χ1) is 8.39. The van der Waals surface area contributed by atoms with Crippen LogP contribution >= 0.6 is 0 Å². The molecule has 0 aromatic carbocycles. The van der Waals surface area contributed by atoms with Crippen LogP contribution in [0.25, 0.3) is 5.53 Å². The van der Waals surface area contributed by atoms with E-state index in [1.54, 1.807) is 0 Å². The second kappa shape index (κ2) is 5.92. The SMILES string of the molecule is C=C(C)[C@@H]1CC=C(C)[C@](C)(CCC(=O)C=[N+]=[N-])C1. The van der Waals surface area contributed by atoms with E-state index < -0.39 is 0 Å². The average molecular weight is 246 g/mol. The Kier molecular flexibility index (Phi) is 4.80. The van der Waals surface area contributed by atoms with Gasteiger partial charge in [0.05, 0.1) is 0 Å². The van der Waals surface area contributed by atoms with Crippen molar-refractivity contribution in [1.82, 2.24) is 0 Å². The molecule has 0 unspecified atom stereocenters. The monoisotopic (exact) mass is 246 g/mol. The molecule has 0 aliphatic heterocycles. The first-order valence-electron chi connectivity index (χ1n) is 6.42. The Balaban J connectivity index is 2.74. The Bertz CT molecular complexity index is 430. The second-order valence-electron chi connectivity index (χ2n) is 5.64. The highest BCUT2D eigenvalue weighted by atomic mass is 16.1. The molecule has 1 aliphatic rings. The Morgan fingerprint density at radius 1 is 1.72 bits per heavy atom. The quantitative estimate of drug-likeness (QED) is 0.316. The number of ketones is 1. The molecule has 0 saturated carbocycles. The maximum absolute atomic E-state index is 11.4. The van der Waals surface area contributed by atoms with Crippen LogP contribution in [0, 0.1) is 11.3 Å². The molecule has 0 saturated heterocycles. The van der Waals surface area contributed by atoms with Crippen LogP contribution in [0.5, 0.6) is 0 Å². The number of allylic oxidation sites excluding steroid dienone is 3. The van der Waals surface area contributed by atoms with Crippen molar-refractivity contribution < 1.29 is 9.58 Å². The maximum Gasteiger partial charge on any atom is 0.323 e. The number of nitrogens with zero attached hydrogens (tertiary/aromatic N) is 2. The molecule has 0 aromatic heterocycles. The lowest BCUT2D eigenvalue weighted by Crippen LogP contribution is -2.27. The summed E-state index contributed by atoms with van der Waals surface area (Å²) in [7, 11) is 0. The van der Waals surface area contributed by atoms with Gasteiger partial charge < -0.3 is 5.53 Å². The molecule has 1 aliphatic carbocycles. The molecule has 3 heteroatoms. The molecule has 0 heterocycles. The third kappa shape index (κ3) is 3.51. The third-order valence-electron chi connectivity index (χ3n) is 4.18. The van der Waals surface area contributed by atoms with Crippen molar-refractivity contribution >= 4 is 12.0 Å². The van der Waals surface area contributed by atoms with Gasteiger partial charge in [-0.3, -0.25) is 4.79 Å². The zero-order chi connectivity index (χ0) is 13.8. The van der Waals surface area contributed by atoms with Crippen LogP contribution in [0.4, 0.5) is 0 Å². The summed E-state index contributed by atoms with van der Waals surface area (Å²) in [5.41, 5.74) is 11.0. The zero-order valence-electron chi connectivity index (χ0n) is 11.6. The summed E-state index contributed by atoms with van der Waals surface area (Å²) >= 11 is 0. The van der Waals surface area contributed by atoms with Gasteiger partial charge in [-0.15, -0.1) is 0 Å². The van der Waals surface area contributed by atoms with E-state index in [0.29, 0.717) is 12.3 Å². The number of rotatable bonds is 5. The van der Waals surface area contributed by atoms with Crippen LogP contribution in [-0.4, -0.2) is 16.8 Å². The molecule has 0 spiro atoms. The van der Waals surface area contributed by atoms with Crippen molar-refractivity contribution in [3.05, 3.63) is 29.3 Å². The molecule has 2 atom stereocenters. The van der Waals surface area contributed by atoms with Gasteiger partial charge in [-0.25, -0.2) is 0 Å². The van der Waals surface area contributed by atoms with Crippen molar-refractivity contribution in [2.24, 2.45) is 11.3 Å². The third-order valence-corrected chi connectivity index (χ3v) is 4.18. The highest BCUT2D eigenvalue weighted by Gasteiger charge is 2.33. The molecular weight excluding hydrogens is 224 g/mol. The summed E-state index contributed by atoms with van der Waals surface area (Å²) in [4.78, 5) is 14.2. The topological polar surface area (TPSA) is 53.5 Å². The lowest BCUT2D eigenvalue weighted by atomic mass is 9.66. The van der Waals surface area contributed by atoms with E-state index in [1.165, 1.54) is 11.1 Å². The van der Waals surface area contributed by atoms with Crippen LogP contribution in [0.2, 0.25) is 0 Å². The van der Waals surface area contributed by atoms with Gasteiger partial charge in [-0.2, -0.15) is 4.79 Å². The lowest BCUT2D eigenvalue weighted by molar-refractivity contribution is -0.116. The van der Waals surface area contributed by atoms with Gasteiger partial charge in [0.2, 0.25) is 5.78 Å². The Morgan fingerprint density at radius 3 is 2.94 bits per heavy atom. The van der Waals surface area contributed by atoms with Crippen LogP contribution in [0.15, 0.2) is 23.8 Å². The van der Waals surface area contributed by atoms with Gasteiger partial charge in [-0.05, 0) is 44.4 Å². The minimum Gasteiger partial charge on any atom is -0.361 e. The summed E-state index contributed by atoms with van der Waals surface area (Å²) in [6.45, 7) is 10.5. The number of hydrogen-bond donors (Lipinski definition) is 0.